The van der Waals surface area contributed by atoms with Gasteiger partial charge in [0.2, 0.25) is 0 Å². The number of rotatable bonds is 2. The second-order valence-corrected chi connectivity index (χ2v) is 2.09. The van der Waals surface area contributed by atoms with Gasteiger partial charge < -0.3 is 10.1 Å². The Balaban J connectivity index is 2.51. The average Bonchev–Trinajstić information content (AvgIpc) is 1.88. The fourth-order valence-corrected chi connectivity index (χ4v) is 0.820. The van der Waals surface area contributed by atoms with Crippen LogP contribution in [-0.4, -0.2) is 20.3 Å². The van der Waals surface area contributed by atoms with Gasteiger partial charge in [-0.25, -0.2) is 0 Å². The largest absolute Gasteiger partial charge is 0.380 e. The van der Waals surface area contributed by atoms with Gasteiger partial charge in [-0.1, -0.05) is 6.08 Å². The van der Waals surface area contributed by atoms with Crippen molar-refractivity contribution in [2.24, 2.45) is 0 Å². The van der Waals surface area contributed by atoms with Crippen molar-refractivity contribution in [1.29, 1.82) is 0 Å². The Hall–Kier alpha value is -0.830. The lowest BCUT2D eigenvalue weighted by Gasteiger charge is -2.08. The van der Waals surface area contributed by atoms with Gasteiger partial charge in [-0.2, -0.15) is 4.39 Å². The highest BCUT2D eigenvalue weighted by atomic mass is 19.1. The molecule has 1 aliphatic heterocycles. The third kappa shape index (κ3) is 1.84. The van der Waals surface area contributed by atoms with Crippen LogP contribution in [0.4, 0.5) is 4.39 Å². The smallest absolute Gasteiger partial charge is 0.187 e. The molecular weight excluding hydrogens is 133 g/mol. The van der Waals surface area contributed by atoms with Crippen LogP contribution < -0.4 is 5.32 Å². The molecule has 1 aliphatic rings. The molecule has 0 radical (unpaired) electrons. The van der Waals surface area contributed by atoms with Gasteiger partial charge in [0.05, 0.1) is 6.61 Å². The van der Waals surface area contributed by atoms with Crippen molar-refractivity contribution >= 4 is 0 Å². The quantitative estimate of drug-likeness (QED) is 0.581. The highest BCUT2D eigenvalue weighted by molar-refractivity contribution is 5.24. The van der Waals surface area contributed by atoms with Crippen LogP contribution >= 0.6 is 0 Å². The van der Waals surface area contributed by atoms with Crippen LogP contribution in [0.1, 0.15) is 0 Å². The minimum absolute atomic E-state index is 0.283. The molecule has 0 aromatic carbocycles. The normalized spacial score (nSPS) is 17.4. The van der Waals surface area contributed by atoms with Crippen LogP contribution in [0.2, 0.25) is 0 Å². The third-order valence-corrected chi connectivity index (χ3v) is 1.26. The van der Waals surface area contributed by atoms with Crippen LogP contribution in [0.5, 0.6) is 0 Å². The molecule has 0 atom stereocenters. The first-order valence-corrected chi connectivity index (χ1v) is 3.12. The highest BCUT2D eigenvalue weighted by Gasteiger charge is 2.01. The summed E-state index contributed by atoms with van der Waals surface area (Å²) in [5.74, 6) is -0.283. The van der Waals surface area contributed by atoms with Crippen molar-refractivity contribution in [3.63, 3.8) is 0 Å². The maximum absolute atomic E-state index is 12.4. The number of hydrogen-bond donors (Lipinski definition) is 1. The van der Waals surface area contributed by atoms with Gasteiger partial charge in [-0.3, -0.25) is 0 Å². The predicted octanol–water partition coefficient (Wildman–Crippen LogP) is 0.973. The first-order chi connectivity index (χ1) is 4.83. The zero-order chi connectivity index (χ0) is 7.40. The van der Waals surface area contributed by atoms with Crippen LogP contribution in [0.3, 0.4) is 0 Å². The lowest BCUT2D eigenvalue weighted by molar-refractivity contribution is 0.227. The number of halogens is 1. The standard InChI is InChI=1S/C7H10FNO/c1-10-5-6-2-3-9-7(8)4-6/h2,4,9H,3,5H2,1H3. The van der Waals surface area contributed by atoms with E-state index < -0.39 is 0 Å². The number of ether oxygens (including phenoxy) is 1. The van der Waals surface area contributed by atoms with E-state index in [1.165, 1.54) is 6.08 Å². The molecule has 0 amide bonds. The lowest BCUT2D eigenvalue weighted by atomic mass is 10.2. The van der Waals surface area contributed by atoms with E-state index in [4.69, 9.17) is 4.74 Å². The maximum Gasteiger partial charge on any atom is 0.187 e. The van der Waals surface area contributed by atoms with Gasteiger partial charge in [0.25, 0.3) is 0 Å². The second-order valence-electron chi connectivity index (χ2n) is 2.09. The number of hydrogen-bond acceptors (Lipinski definition) is 2. The number of methoxy groups -OCH3 is 1. The molecule has 0 unspecified atom stereocenters. The molecule has 1 N–H and O–H groups in total. The summed E-state index contributed by atoms with van der Waals surface area (Å²) in [4.78, 5) is 0. The maximum atomic E-state index is 12.4. The van der Waals surface area contributed by atoms with E-state index in [1.807, 2.05) is 6.08 Å². The fourth-order valence-electron chi connectivity index (χ4n) is 0.820. The molecule has 2 nitrogen and oxygen atoms in total. The van der Waals surface area contributed by atoms with E-state index >= 15 is 0 Å². The van der Waals surface area contributed by atoms with Crippen molar-refractivity contribution in [3.05, 3.63) is 23.7 Å². The Labute approximate surface area is 59.4 Å². The molecule has 0 aromatic heterocycles. The van der Waals surface area contributed by atoms with Crippen LogP contribution in [0.25, 0.3) is 0 Å². The third-order valence-electron chi connectivity index (χ3n) is 1.26. The molecule has 0 saturated heterocycles. The Morgan fingerprint density at radius 3 is 3.20 bits per heavy atom. The molecule has 56 valence electrons. The molecule has 10 heavy (non-hydrogen) atoms. The molecule has 0 fully saturated rings. The van der Waals surface area contributed by atoms with Crippen LogP contribution in [0, 0.1) is 0 Å². The molecule has 1 heterocycles. The highest BCUT2D eigenvalue weighted by Crippen LogP contribution is 2.06. The zero-order valence-corrected chi connectivity index (χ0v) is 5.86. The summed E-state index contributed by atoms with van der Waals surface area (Å²) in [5, 5.41) is 2.53. The molecule has 3 heteroatoms. The number of nitrogens with one attached hydrogen (secondary N) is 1. The molecule has 0 aliphatic carbocycles. The molecule has 0 spiro atoms. The topological polar surface area (TPSA) is 21.3 Å². The summed E-state index contributed by atoms with van der Waals surface area (Å²) < 4.78 is 17.2. The Kier molecular flexibility index (Phi) is 2.45. The minimum Gasteiger partial charge on any atom is -0.380 e. The van der Waals surface area contributed by atoms with E-state index in [0.29, 0.717) is 13.2 Å². The second kappa shape index (κ2) is 3.37. The van der Waals surface area contributed by atoms with Gasteiger partial charge in [0.1, 0.15) is 0 Å². The van der Waals surface area contributed by atoms with Gasteiger partial charge in [-0.15, -0.1) is 0 Å². The predicted molar refractivity (Wildman–Crippen MR) is 37.2 cm³/mol. The van der Waals surface area contributed by atoms with Crippen molar-refractivity contribution in [2.45, 2.75) is 0 Å². The van der Waals surface area contributed by atoms with Gasteiger partial charge in [0.15, 0.2) is 5.95 Å². The summed E-state index contributed by atoms with van der Waals surface area (Å²) in [6.07, 6.45) is 3.33. The molecule has 0 aromatic rings. The molecule has 0 saturated carbocycles. The first-order valence-electron chi connectivity index (χ1n) is 3.12. The van der Waals surface area contributed by atoms with Crippen molar-refractivity contribution in [3.8, 4) is 0 Å². The first kappa shape index (κ1) is 7.28. The van der Waals surface area contributed by atoms with Crippen LogP contribution in [0.15, 0.2) is 23.7 Å². The van der Waals surface area contributed by atoms with Gasteiger partial charge in [0, 0.05) is 13.7 Å². The van der Waals surface area contributed by atoms with Crippen molar-refractivity contribution in [1.82, 2.24) is 5.32 Å². The Bertz CT molecular complexity index is 174. The van der Waals surface area contributed by atoms with E-state index in [2.05, 4.69) is 5.32 Å². The summed E-state index contributed by atoms with van der Waals surface area (Å²) >= 11 is 0. The van der Waals surface area contributed by atoms with Gasteiger partial charge in [-0.05, 0) is 11.6 Å². The summed E-state index contributed by atoms with van der Waals surface area (Å²) in [7, 11) is 1.59. The van der Waals surface area contributed by atoms with E-state index in [1.54, 1.807) is 7.11 Å². The molecule has 1 rings (SSSR count). The fraction of sp³-hybridized carbons (Fsp3) is 0.429. The lowest BCUT2D eigenvalue weighted by Crippen LogP contribution is -2.15. The minimum atomic E-state index is -0.283. The van der Waals surface area contributed by atoms with Gasteiger partial charge >= 0.3 is 0 Å². The monoisotopic (exact) mass is 143 g/mol. The SMILES string of the molecule is COCC1=CCNC(F)=C1. The zero-order valence-electron chi connectivity index (χ0n) is 5.86. The van der Waals surface area contributed by atoms with E-state index in [9.17, 15) is 4.39 Å². The van der Waals surface area contributed by atoms with E-state index in [0.717, 1.165) is 5.57 Å². The summed E-state index contributed by atoms with van der Waals surface area (Å²) in [6, 6.07) is 0. The molecule has 0 bridgehead atoms. The number of dihydropyridines is 1. The molecular formula is C7H10FNO. The Morgan fingerprint density at radius 2 is 2.60 bits per heavy atom. The summed E-state index contributed by atoms with van der Waals surface area (Å²) in [5.41, 5.74) is 0.888. The van der Waals surface area contributed by atoms with Crippen LogP contribution in [-0.2, 0) is 4.74 Å². The van der Waals surface area contributed by atoms with E-state index in [-0.39, 0.29) is 5.95 Å². The average molecular weight is 143 g/mol. The summed E-state index contributed by atoms with van der Waals surface area (Å²) in [6.45, 7) is 1.04. The Morgan fingerprint density at radius 1 is 1.80 bits per heavy atom. The van der Waals surface area contributed by atoms with Crippen molar-refractivity contribution < 1.29 is 9.13 Å². The van der Waals surface area contributed by atoms with Crippen molar-refractivity contribution in [2.75, 3.05) is 20.3 Å².